The predicted octanol–water partition coefficient (Wildman–Crippen LogP) is 3.46. The Morgan fingerprint density at radius 1 is 1.19 bits per heavy atom. The van der Waals surface area contributed by atoms with Gasteiger partial charge < -0.3 is 20.1 Å². The van der Waals surface area contributed by atoms with E-state index in [9.17, 15) is 4.79 Å². The molecule has 0 fully saturated rings. The summed E-state index contributed by atoms with van der Waals surface area (Å²) >= 11 is 1.65. The number of carbonyl (C=O) groups excluding carboxylic acids is 1. The Hall–Kier alpha value is -2.05. The van der Waals surface area contributed by atoms with Gasteiger partial charge in [-0.05, 0) is 59.9 Å². The molecule has 1 heterocycles. The number of benzene rings is 1. The molecular formula is C20H28N2O3S. The Morgan fingerprint density at radius 2 is 1.96 bits per heavy atom. The number of nitrogens with zero attached hydrogens (tertiary/aromatic N) is 1. The smallest absolute Gasteiger partial charge is 0.222 e. The fraction of sp³-hybridized carbons (Fsp3) is 0.450. The highest BCUT2D eigenvalue weighted by Crippen LogP contribution is 2.27. The van der Waals surface area contributed by atoms with E-state index in [1.165, 1.54) is 0 Å². The van der Waals surface area contributed by atoms with Crippen LogP contribution in [0.1, 0.15) is 30.9 Å². The molecule has 1 atom stereocenters. The summed E-state index contributed by atoms with van der Waals surface area (Å²) in [5.41, 5.74) is 8.08. The van der Waals surface area contributed by atoms with Crippen LogP contribution in [0.5, 0.6) is 11.5 Å². The van der Waals surface area contributed by atoms with E-state index in [0.717, 1.165) is 17.5 Å². The van der Waals surface area contributed by atoms with Crippen LogP contribution in [-0.4, -0.2) is 37.6 Å². The molecule has 0 saturated heterocycles. The van der Waals surface area contributed by atoms with Crippen LogP contribution in [0.25, 0.3) is 0 Å². The molecule has 26 heavy (non-hydrogen) atoms. The van der Waals surface area contributed by atoms with Gasteiger partial charge in [0.2, 0.25) is 5.91 Å². The molecule has 0 aliphatic carbocycles. The lowest BCUT2D eigenvalue weighted by molar-refractivity contribution is -0.132. The molecule has 142 valence electrons. The molecule has 6 heteroatoms. The standard InChI is InChI=1S/C20H28N2O3S/c1-15(21)4-7-20(23)22(13-17-9-11-26-14-17)10-8-16-5-6-18(24-2)19(12-16)25-3/h5-6,9,11-12,14-15H,4,7-8,10,13,21H2,1-3H3. The van der Waals surface area contributed by atoms with E-state index in [-0.39, 0.29) is 11.9 Å². The summed E-state index contributed by atoms with van der Waals surface area (Å²) in [5.74, 6) is 1.56. The van der Waals surface area contributed by atoms with Crippen molar-refractivity contribution in [2.75, 3.05) is 20.8 Å². The minimum Gasteiger partial charge on any atom is -0.493 e. The van der Waals surface area contributed by atoms with Gasteiger partial charge in [-0.1, -0.05) is 6.07 Å². The second-order valence-electron chi connectivity index (χ2n) is 6.40. The third kappa shape index (κ3) is 6.04. The number of hydrogen-bond donors (Lipinski definition) is 1. The average molecular weight is 377 g/mol. The monoisotopic (exact) mass is 376 g/mol. The topological polar surface area (TPSA) is 64.8 Å². The molecule has 0 spiro atoms. The highest BCUT2D eigenvalue weighted by molar-refractivity contribution is 7.07. The number of ether oxygens (including phenoxy) is 2. The number of amides is 1. The van der Waals surface area contributed by atoms with Gasteiger partial charge in [0.25, 0.3) is 0 Å². The zero-order valence-electron chi connectivity index (χ0n) is 15.7. The summed E-state index contributed by atoms with van der Waals surface area (Å²) < 4.78 is 10.6. The van der Waals surface area contributed by atoms with Gasteiger partial charge in [0.1, 0.15) is 0 Å². The summed E-state index contributed by atoms with van der Waals surface area (Å²) in [6.07, 6.45) is 1.94. The molecule has 0 aliphatic heterocycles. The van der Waals surface area contributed by atoms with Crippen LogP contribution in [0, 0.1) is 0 Å². The second-order valence-corrected chi connectivity index (χ2v) is 7.18. The molecule has 0 bridgehead atoms. The highest BCUT2D eigenvalue weighted by Gasteiger charge is 2.15. The van der Waals surface area contributed by atoms with Crippen molar-refractivity contribution in [3.8, 4) is 11.5 Å². The van der Waals surface area contributed by atoms with Gasteiger partial charge in [0, 0.05) is 25.6 Å². The average Bonchev–Trinajstić information content (AvgIpc) is 3.15. The van der Waals surface area contributed by atoms with Crippen molar-refractivity contribution >= 4 is 17.2 Å². The van der Waals surface area contributed by atoms with E-state index in [0.29, 0.717) is 37.4 Å². The Labute approximate surface area is 159 Å². The van der Waals surface area contributed by atoms with Crippen LogP contribution in [-0.2, 0) is 17.8 Å². The zero-order valence-corrected chi connectivity index (χ0v) is 16.6. The molecule has 1 amide bonds. The summed E-state index contributed by atoms with van der Waals surface area (Å²) in [6.45, 7) is 3.22. The fourth-order valence-corrected chi connectivity index (χ4v) is 3.36. The van der Waals surface area contributed by atoms with E-state index >= 15 is 0 Å². The third-order valence-electron chi connectivity index (χ3n) is 4.24. The fourth-order valence-electron chi connectivity index (χ4n) is 2.70. The van der Waals surface area contributed by atoms with Gasteiger partial charge in [-0.25, -0.2) is 0 Å². The van der Waals surface area contributed by atoms with Crippen molar-refractivity contribution < 1.29 is 14.3 Å². The number of nitrogens with two attached hydrogens (primary N) is 1. The maximum Gasteiger partial charge on any atom is 0.222 e. The summed E-state index contributed by atoms with van der Waals surface area (Å²) in [6, 6.07) is 7.97. The van der Waals surface area contributed by atoms with Gasteiger partial charge in [0.05, 0.1) is 14.2 Å². The van der Waals surface area contributed by atoms with Gasteiger partial charge in [0.15, 0.2) is 11.5 Å². The van der Waals surface area contributed by atoms with Gasteiger partial charge in [-0.3, -0.25) is 4.79 Å². The van der Waals surface area contributed by atoms with Crippen molar-refractivity contribution in [1.29, 1.82) is 0 Å². The number of carbonyl (C=O) groups is 1. The minimum absolute atomic E-state index is 0.0350. The first-order valence-electron chi connectivity index (χ1n) is 8.78. The van der Waals surface area contributed by atoms with Crippen LogP contribution in [0.15, 0.2) is 35.0 Å². The van der Waals surface area contributed by atoms with Gasteiger partial charge >= 0.3 is 0 Å². The van der Waals surface area contributed by atoms with E-state index in [1.54, 1.807) is 25.6 Å². The largest absolute Gasteiger partial charge is 0.493 e. The first kappa shape index (κ1) is 20.3. The Balaban J connectivity index is 2.04. The molecule has 1 aromatic carbocycles. The number of hydrogen-bond acceptors (Lipinski definition) is 5. The number of methoxy groups -OCH3 is 2. The molecular weight excluding hydrogens is 348 g/mol. The summed E-state index contributed by atoms with van der Waals surface area (Å²) in [5, 5.41) is 4.12. The molecule has 1 unspecified atom stereocenters. The molecule has 2 aromatic rings. The van der Waals surface area contributed by atoms with Crippen LogP contribution >= 0.6 is 11.3 Å². The van der Waals surface area contributed by atoms with Crippen LogP contribution in [0.4, 0.5) is 0 Å². The first-order chi connectivity index (χ1) is 12.5. The molecule has 5 nitrogen and oxygen atoms in total. The second kappa shape index (κ2) is 10.2. The van der Waals surface area contributed by atoms with E-state index < -0.39 is 0 Å². The number of thiophene rings is 1. The SMILES string of the molecule is COc1ccc(CCN(Cc2ccsc2)C(=O)CCC(C)N)cc1OC. The van der Waals surface area contributed by atoms with Crippen molar-refractivity contribution in [2.24, 2.45) is 5.73 Å². The normalized spacial score (nSPS) is 11.8. The summed E-state index contributed by atoms with van der Waals surface area (Å²) in [4.78, 5) is 14.6. The summed E-state index contributed by atoms with van der Waals surface area (Å²) in [7, 11) is 3.25. The minimum atomic E-state index is 0.0350. The molecule has 0 radical (unpaired) electrons. The zero-order chi connectivity index (χ0) is 18.9. The van der Waals surface area contributed by atoms with Crippen molar-refractivity contribution in [3.05, 3.63) is 46.2 Å². The van der Waals surface area contributed by atoms with E-state index in [2.05, 4.69) is 11.4 Å². The quantitative estimate of drug-likeness (QED) is 0.690. The Bertz CT molecular complexity index is 686. The molecule has 2 rings (SSSR count). The van der Waals surface area contributed by atoms with Crippen molar-refractivity contribution in [1.82, 2.24) is 4.90 Å². The maximum atomic E-state index is 12.6. The van der Waals surface area contributed by atoms with Crippen LogP contribution in [0.2, 0.25) is 0 Å². The van der Waals surface area contributed by atoms with Crippen molar-refractivity contribution in [3.63, 3.8) is 0 Å². The van der Waals surface area contributed by atoms with E-state index in [1.807, 2.05) is 35.4 Å². The first-order valence-corrected chi connectivity index (χ1v) is 9.73. The van der Waals surface area contributed by atoms with Crippen molar-refractivity contribution in [2.45, 2.75) is 38.8 Å². The maximum absolute atomic E-state index is 12.6. The van der Waals surface area contributed by atoms with Gasteiger partial charge in [-0.2, -0.15) is 11.3 Å². The molecule has 0 saturated carbocycles. The van der Waals surface area contributed by atoms with Gasteiger partial charge in [-0.15, -0.1) is 0 Å². The Kier molecular flexibility index (Phi) is 7.94. The lowest BCUT2D eigenvalue weighted by Gasteiger charge is -2.23. The molecule has 1 aromatic heterocycles. The lowest BCUT2D eigenvalue weighted by atomic mass is 10.1. The molecule has 0 aliphatic rings. The Morgan fingerprint density at radius 3 is 2.58 bits per heavy atom. The lowest BCUT2D eigenvalue weighted by Crippen LogP contribution is -2.33. The van der Waals surface area contributed by atoms with Crippen LogP contribution in [0.3, 0.4) is 0 Å². The van der Waals surface area contributed by atoms with E-state index in [4.69, 9.17) is 15.2 Å². The third-order valence-corrected chi connectivity index (χ3v) is 4.97. The highest BCUT2D eigenvalue weighted by atomic mass is 32.1. The molecule has 2 N–H and O–H groups in total. The van der Waals surface area contributed by atoms with Crippen LogP contribution < -0.4 is 15.2 Å². The predicted molar refractivity (Wildman–Crippen MR) is 106 cm³/mol. The number of rotatable bonds is 10.